The van der Waals surface area contributed by atoms with Gasteiger partial charge in [0.15, 0.2) is 0 Å². The molecule has 0 unspecified atom stereocenters. The molecule has 0 heterocycles. The number of nitrogens with one attached hydrogen (secondary N) is 1. The summed E-state index contributed by atoms with van der Waals surface area (Å²) in [7, 11) is 0. The quantitative estimate of drug-likeness (QED) is 0.681. The van der Waals surface area contributed by atoms with Gasteiger partial charge in [-0.3, -0.25) is 9.59 Å². The number of rotatable bonds is 3. The van der Waals surface area contributed by atoms with Crippen LogP contribution >= 0.6 is 23.2 Å². The normalized spacial score (nSPS) is 10.0. The van der Waals surface area contributed by atoms with Crippen LogP contribution in [-0.4, -0.2) is 11.9 Å². The van der Waals surface area contributed by atoms with Crippen LogP contribution < -0.4 is 10.1 Å². The summed E-state index contributed by atoms with van der Waals surface area (Å²) in [4.78, 5) is 23.0. The fraction of sp³-hybridized carbons (Fsp3) is 0.0667. The van der Waals surface area contributed by atoms with E-state index in [0.717, 1.165) is 0 Å². The average Bonchev–Trinajstić information content (AvgIpc) is 2.42. The number of ether oxygens (including phenoxy) is 1. The van der Waals surface area contributed by atoms with E-state index < -0.39 is 5.97 Å². The summed E-state index contributed by atoms with van der Waals surface area (Å²) in [6.07, 6.45) is 0. The molecule has 0 bridgehead atoms. The van der Waals surface area contributed by atoms with Crippen molar-refractivity contribution in [1.82, 2.24) is 0 Å². The van der Waals surface area contributed by atoms with E-state index >= 15 is 0 Å². The zero-order valence-electron chi connectivity index (χ0n) is 11.0. The second kappa shape index (κ2) is 6.61. The van der Waals surface area contributed by atoms with Crippen LogP contribution in [0.15, 0.2) is 42.5 Å². The number of benzene rings is 2. The van der Waals surface area contributed by atoms with Crippen molar-refractivity contribution in [2.45, 2.75) is 6.92 Å². The summed E-state index contributed by atoms with van der Waals surface area (Å²) < 4.78 is 4.93. The third-order valence-electron chi connectivity index (χ3n) is 2.54. The van der Waals surface area contributed by atoms with E-state index in [4.69, 9.17) is 27.9 Å². The van der Waals surface area contributed by atoms with E-state index in [1.54, 1.807) is 36.4 Å². The summed E-state index contributed by atoms with van der Waals surface area (Å²) in [5.74, 6) is -0.483. The highest BCUT2D eigenvalue weighted by Gasteiger charge is 2.09. The molecule has 0 fully saturated rings. The molecule has 0 aliphatic carbocycles. The molecule has 2 aromatic rings. The minimum absolute atomic E-state index is 0.310. The molecule has 0 aliphatic rings. The Morgan fingerprint density at radius 1 is 1.05 bits per heavy atom. The van der Waals surface area contributed by atoms with Crippen molar-refractivity contribution in [3.8, 4) is 5.75 Å². The van der Waals surface area contributed by atoms with Crippen molar-refractivity contribution < 1.29 is 14.3 Å². The number of carbonyl (C=O) groups excluding carboxylic acids is 2. The zero-order chi connectivity index (χ0) is 15.4. The van der Waals surface area contributed by atoms with Crippen LogP contribution in [0.1, 0.15) is 17.3 Å². The Labute approximate surface area is 131 Å². The van der Waals surface area contributed by atoms with Crippen molar-refractivity contribution in [2.75, 3.05) is 5.32 Å². The first-order chi connectivity index (χ1) is 9.95. The van der Waals surface area contributed by atoms with Crippen LogP contribution in [-0.2, 0) is 4.79 Å². The molecule has 0 aliphatic heterocycles. The number of hydrogen-bond donors (Lipinski definition) is 1. The van der Waals surface area contributed by atoms with Gasteiger partial charge >= 0.3 is 5.97 Å². The van der Waals surface area contributed by atoms with Gasteiger partial charge in [0, 0.05) is 18.2 Å². The third kappa shape index (κ3) is 4.21. The Morgan fingerprint density at radius 3 is 2.48 bits per heavy atom. The molecule has 1 amide bonds. The van der Waals surface area contributed by atoms with E-state index in [1.165, 1.54) is 13.0 Å². The third-order valence-corrected chi connectivity index (χ3v) is 3.27. The molecule has 0 aromatic heterocycles. The van der Waals surface area contributed by atoms with Crippen LogP contribution in [0.2, 0.25) is 10.0 Å². The van der Waals surface area contributed by atoms with E-state index in [-0.39, 0.29) is 5.91 Å². The summed E-state index contributed by atoms with van der Waals surface area (Å²) in [6.45, 7) is 1.29. The van der Waals surface area contributed by atoms with Gasteiger partial charge in [-0.2, -0.15) is 0 Å². The van der Waals surface area contributed by atoms with Crippen LogP contribution in [0.4, 0.5) is 5.69 Å². The highest BCUT2D eigenvalue weighted by molar-refractivity contribution is 6.42. The maximum absolute atomic E-state index is 12.1. The average molecular weight is 324 g/mol. The molecule has 0 saturated heterocycles. The molecule has 0 saturated carbocycles. The first-order valence-electron chi connectivity index (χ1n) is 6.00. The molecule has 0 atom stereocenters. The van der Waals surface area contributed by atoms with Crippen LogP contribution in [0.5, 0.6) is 5.75 Å². The summed E-state index contributed by atoms with van der Waals surface area (Å²) in [6, 6.07) is 11.1. The van der Waals surface area contributed by atoms with E-state index in [9.17, 15) is 9.59 Å². The lowest BCUT2D eigenvalue weighted by atomic mass is 10.2. The predicted molar refractivity (Wildman–Crippen MR) is 82.2 cm³/mol. The predicted octanol–water partition coefficient (Wildman–Crippen LogP) is 4.17. The number of carbonyl (C=O) groups is 2. The first kappa shape index (κ1) is 15.4. The van der Waals surface area contributed by atoms with Gasteiger partial charge in [-0.1, -0.05) is 29.3 Å². The van der Waals surface area contributed by atoms with Crippen molar-refractivity contribution in [3.05, 3.63) is 58.1 Å². The summed E-state index contributed by atoms with van der Waals surface area (Å²) >= 11 is 11.7. The van der Waals surface area contributed by atoms with Crippen molar-refractivity contribution in [1.29, 1.82) is 0 Å². The standard InChI is InChI=1S/C15H11Cl2NO3/c1-9(19)21-12-4-2-3-10(7-12)15(20)18-11-5-6-13(16)14(17)8-11/h2-8H,1H3,(H,18,20). The Hall–Kier alpha value is -2.04. The van der Waals surface area contributed by atoms with Gasteiger partial charge in [-0.25, -0.2) is 0 Å². The van der Waals surface area contributed by atoms with Gasteiger partial charge in [0.25, 0.3) is 5.91 Å². The topological polar surface area (TPSA) is 55.4 Å². The maximum atomic E-state index is 12.1. The molecule has 4 nitrogen and oxygen atoms in total. The smallest absolute Gasteiger partial charge is 0.308 e. The van der Waals surface area contributed by atoms with Crippen molar-refractivity contribution in [2.24, 2.45) is 0 Å². The lowest BCUT2D eigenvalue weighted by molar-refractivity contribution is -0.131. The maximum Gasteiger partial charge on any atom is 0.308 e. The SMILES string of the molecule is CC(=O)Oc1cccc(C(=O)Nc2ccc(Cl)c(Cl)c2)c1. The number of esters is 1. The van der Waals surface area contributed by atoms with E-state index in [0.29, 0.717) is 27.0 Å². The van der Waals surface area contributed by atoms with Crippen molar-refractivity contribution in [3.63, 3.8) is 0 Å². The minimum atomic E-state index is -0.447. The number of amides is 1. The van der Waals surface area contributed by atoms with Crippen LogP contribution in [0.25, 0.3) is 0 Å². The molecular weight excluding hydrogens is 313 g/mol. The molecule has 2 aromatic carbocycles. The van der Waals surface area contributed by atoms with Crippen LogP contribution in [0, 0.1) is 0 Å². The summed E-state index contributed by atoms with van der Waals surface area (Å²) in [5, 5.41) is 3.44. The van der Waals surface area contributed by atoms with Gasteiger partial charge in [0.05, 0.1) is 10.0 Å². The monoisotopic (exact) mass is 323 g/mol. The Bertz CT molecular complexity index is 701. The molecule has 0 radical (unpaired) electrons. The van der Waals surface area contributed by atoms with Gasteiger partial charge < -0.3 is 10.1 Å². The van der Waals surface area contributed by atoms with E-state index in [2.05, 4.69) is 5.32 Å². The highest BCUT2D eigenvalue weighted by Crippen LogP contribution is 2.25. The molecule has 1 N–H and O–H groups in total. The Kier molecular flexibility index (Phi) is 4.83. The Morgan fingerprint density at radius 2 is 1.81 bits per heavy atom. The fourth-order valence-electron chi connectivity index (χ4n) is 1.64. The fourth-order valence-corrected chi connectivity index (χ4v) is 1.94. The molecule has 21 heavy (non-hydrogen) atoms. The molecule has 0 spiro atoms. The van der Waals surface area contributed by atoms with Gasteiger partial charge in [-0.05, 0) is 36.4 Å². The van der Waals surface area contributed by atoms with Crippen LogP contribution in [0.3, 0.4) is 0 Å². The lowest BCUT2D eigenvalue weighted by Gasteiger charge is -2.07. The Balaban J connectivity index is 2.16. The molecule has 6 heteroatoms. The number of hydrogen-bond acceptors (Lipinski definition) is 3. The van der Waals surface area contributed by atoms with Gasteiger partial charge in [0.1, 0.15) is 5.75 Å². The van der Waals surface area contributed by atoms with Gasteiger partial charge in [0.2, 0.25) is 0 Å². The lowest BCUT2D eigenvalue weighted by Crippen LogP contribution is -2.12. The second-order valence-electron chi connectivity index (χ2n) is 4.20. The van der Waals surface area contributed by atoms with E-state index in [1.807, 2.05) is 0 Å². The molecular formula is C15H11Cl2NO3. The number of anilines is 1. The second-order valence-corrected chi connectivity index (χ2v) is 5.02. The largest absolute Gasteiger partial charge is 0.427 e. The van der Waals surface area contributed by atoms with Crippen molar-refractivity contribution >= 4 is 40.8 Å². The van der Waals surface area contributed by atoms with Gasteiger partial charge in [-0.15, -0.1) is 0 Å². The zero-order valence-corrected chi connectivity index (χ0v) is 12.5. The minimum Gasteiger partial charge on any atom is -0.427 e. The first-order valence-corrected chi connectivity index (χ1v) is 6.76. The molecule has 2 rings (SSSR count). The summed E-state index contributed by atoms with van der Waals surface area (Å²) in [5.41, 5.74) is 0.882. The number of halogens is 2. The highest BCUT2D eigenvalue weighted by atomic mass is 35.5. The molecule has 108 valence electrons.